The van der Waals surface area contributed by atoms with Crippen LogP contribution in [0.4, 0.5) is 0 Å². The van der Waals surface area contributed by atoms with Gasteiger partial charge in [0.15, 0.2) is 0 Å². The van der Waals surface area contributed by atoms with Crippen molar-refractivity contribution < 1.29 is 0 Å². The SMILES string of the molecule is CCCNCC1(CN(CC(C)C)C2CC2)CCCC1. The van der Waals surface area contributed by atoms with Crippen LogP contribution >= 0.6 is 0 Å². The second-order valence-electron chi connectivity index (χ2n) is 7.44. The maximum absolute atomic E-state index is 3.71. The minimum atomic E-state index is 0.590. The van der Waals surface area contributed by atoms with Crippen molar-refractivity contribution in [1.29, 1.82) is 0 Å². The molecule has 0 heterocycles. The van der Waals surface area contributed by atoms with E-state index in [2.05, 4.69) is 31.0 Å². The van der Waals surface area contributed by atoms with Gasteiger partial charge in [-0.25, -0.2) is 0 Å². The molecule has 2 aliphatic rings. The highest BCUT2D eigenvalue weighted by Crippen LogP contribution is 2.40. The monoisotopic (exact) mass is 266 g/mol. The molecular formula is C17H34N2. The van der Waals surface area contributed by atoms with E-state index in [4.69, 9.17) is 0 Å². The lowest BCUT2D eigenvalue weighted by atomic mass is 9.85. The van der Waals surface area contributed by atoms with E-state index in [1.54, 1.807) is 0 Å². The second kappa shape index (κ2) is 7.08. The maximum Gasteiger partial charge on any atom is 0.00967 e. The molecule has 0 aliphatic heterocycles. The van der Waals surface area contributed by atoms with Crippen molar-refractivity contribution in [3.63, 3.8) is 0 Å². The summed E-state index contributed by atoms with van der Waals surface area (Å²) in [5.74, 6) is 0.808. The Morgan fingerprint density at radius 1 is 1.21 bits per heavy atom. The van der Waals surface area contributed by atoms with E-state index in [0.717, 1.165) is 12.0 Å². The van der Waals surface area contributed by atoms with Crippen molar-refractivity contribution in [1.82, 2.24) is 10.2 Å². The molecule has 1 N–H and O–H groups in total. The first-order valence-electron chi connectivity index (χ1n) is 8.60. The summed E-state index contributed by atoms with van der Waals surface area (Å²) in [5, 5.41) is 3.71. The van der Waals surface area contributed by atoms with Crippen LogP contribution in [0.2, 0.25) is 0 Å². The Hall–Kier alpha value is -0.0800. The highest BCUT2D eigenvalue weighted by molar-refractivity contribution is 4.94. The lowest BCUT2D eigenvalue weighted by Crippen LogP contribution is -2.44. The van der Waals surface area contributed by atoms with Crippen molar-refractivity contribution in [3.8, 4) is 0 Å². The van der Waals surface area contributed by atoms with Crippen LogP contribution in [0.5, 0.6) is 0 Å². The van der Waals surface area contributed by atoms with E-state index in [-0.39, 0.29) is 0 Å². The molecular weight excluding hydrogens is 232 g/mol. The van der Waals surface area contributed by atoms with Gasteiger partial charge in [0.25, 0.3) is 0 Å². The minimum absolute atomic E-state index is 0.590. The Kier molecular flexibility index (Phi) is 5.70. The molecule has 2 nitrogen and oxygen atoms in total. The van der Waals surface area contributed by atoms with Crippen LogP contribution in [0.1, 0.15) is 65.7 Å². The average molecular weight is 266 g/mol. The summed E-state index contributed by atoms with van der Waals surface area (Å²) in [6.07, 6.45) is 9.96. The minimum Gasteiger partial charge on any atom is -0.316 e. The molecule has 112 valence electrons. The van der Waals surface area contributed by atoms with E-state index in [1.165, 1.54) is 71.1 Å². The zero-order chi connectivity index (χ0) is 13.7. The Labute approximate surface area is 120 Å². The number of nitrogens with one attached hydrogen (secondary N) is 1. The predicted octanol–water partition coefficient (Wildman–Crippen LogP) is 3.67. The molecule has 0 radical (unpaired) electrons. The molecule has 0 atom stereocenters. The Morgan fingerprint density at radius 2 is 1.89 bits per heavy atom. The smallest absolute Gasteiger partial charge is 0.00967 e. The molecule has 0 unspecified atom stereocenters. The Balaban J connectivity index is 1.89. The lowest BCUT2D eigenvalue weighted by molar-refractivity contribution is 0.130. The number of nitrogens with zero attached hydrogens (tertiary/aromatic N) is 1. The molecule has 2 fully saturated rings. The fourth-order valence-electron chi connectivity index (χ4n) is 3.73. The highest BCUT2D eigenvalue weighted by Gasteiger charge is 2.39. The zero-order valence-electron chi connectivity index (χ0n) is 13.4. The van der Waals surface area contributed by atoms with Gasteiger partial charge in [-0.2, -0.15) is 0 Å². The normalized spacial score (nSPS) is 22.6. The molecule has 0 aromatic heterocycles. The molecule has 0 amide bonds. The standard InChI is InChI=1S/C17H34N2/c1-4-11-18-13-17(9-5-6-10-17)14-19(12-15(2)3)16-7-8-16/h15-16,18H,4-14H2,1-3H3. The van der Waals surface area contributed by atoms with Crippen molar-refractivity contribution >= 4 is 0 Å². The second-order valence-corrected chi connectivity index (χ2v) is 7.44. The van der Waals surface area contributed by atoms with Gasteiger partial charge in [0.2, 0.25) is 0 Å². The molecule has 19 heavy (non-hydrogen) atoms. The molecule has 2 rings (SSSR count). The maximum atomic E-state index is 3.71. The van der Waals surface area contributed by atoms with Crippen molar-refractivity contribution in [2.24, 2.45) is 11.3 Å². The number of hydrogen-bond donors (Lipinski definition) is 1. The van der Waals surface area contributed by atoms with Gasteiger partial charge in [0.1, 0.15) is 0 Å². The third-order valence-electron chi connectivity index (χ3n) is 4.79. The van der Waals surface area contributed by atoms with Crippen LogP contribution in [-0.2, 0) is 0 Å². The fraction of sp³-hybridized carbons (Fsp3) is 1.00. The van der Waals surface area contributed by atoms with E-state index in [1.807, 2.05) is 0 Å². The van der Waals surface area contributed by atoms with E-state index in [0.29, 0.717) is 5.41 Å². The van der Waals surface area contributed by atoms with Gasteiger partial charge in [-0.05, 0) is 50.0 Å². The molecule has 0 bridgehead atoms. The largest absolute Gasteiger partial charge is 0.316 e. The van der Waals surface area contributed by atoms with Gasteiger partial charge in [0.05, 0.1) is 0 Å². The van der Waals surface area contributed by atoms with Gasteiger partial charge in [-0.3, -0.25) is 4.90 Å². The lowest BCUT2D eigenvalue weighted by Gasteiger charge is -2.37. The van der Waals surface area contributed by atoms with E-state index < -0.39 is 0 Å². The van der Waals surface area contributed by atoms with Crippen LogP contribution in [0.25, 0.3) is 0 Å². The van der Waals surface area contributed by atoms with Crippen LogP contribution in [0.15, 0.2) is 0 Å². The first-order valence-corrected chi connectivity index (χ1v) is 8.60. The zero-order valence-corrected chi connectivity index (χ0v) is 13.4. The Bertz CT molecular complexity index is 252. The number of hydrogen-bond acceptors (Lipinski definition) is 2. The van der Waals surface area contributed by atoms with Crippen molar-refractivity contribution in [3.05, 3.63) is 0 Å². The molecule has 2 saturated carbocycles. The molecule has 2 heteroatoms. The number of rotatable bonds is 9. The fourth-order valence-corrected chi connectivity index (χ4v) is 3.73. The summed E-state index contributed by atoms with van der Waals surface area (Å²) in [7, 11) is 0. The summed E-state index contributed by atoms with van der Waals surface area (Å²) in [5.41, 5.74) is 0.590. The van der Waals surface area contributed by atoms with E-state index >= 15 is 0 Å². The van der Waals surface area contributed by atoms with Crippen LogP contribution in [0, 0.1) is 11.3 Å². The first kappa shape index (κ1) is 15.3. The predicted molar refractivity (Wildman–Crippen MR) is 83.5 cm³/mol. The molecule has 0 aromatic rings. The quantitative estimate of drug-likeness (QED) is 0.641. The summed E-state index contributed by atoms with van der Waals surface area (Å²) in [4.78, 5) is 2.82. The third-order valence-corrected chi connectivity index (χ3v) is 4.79. The highest BCUT2D eigenvalue weighted by atomic mass is 15.2. The summed E-state index contributed by atoms with van der Waals surface area (Å²) < 4.78 is 0. The molecule has 0 saturated heterocycles. The van der Waals surface area contributed by atoms with Gasteiger partial charge < -0.3 is 5.32 Å². The molecule has 0 spiro atoms. The van der Waals surface area contributed by atoms with Gasteiger partial charge in [-0.15, -0.1) is 0 Å². The van der Waals surface area contributed by atoms with Crippen LogP contribution in [0.3, 0.4) is 0 Å². The summed E-state index contributed by atoms with van der Waals surface area (Å²) in [6.45, 7) is 12.1. The molecule has 2 aliphatic carbocycles. The van der Waals surface area contributed by atoms with Gasteiger partial charge in [-0.1, -0.05) is 33.6 Å². The van der Waals surface area contributed by atoms with Crippen molar-refractivity contribution in [2.45, 2.75) is 71.8 Å². The van der Waals surface area contributed by atoms with Gasteiger partial charge in [0, 0.05) is 25.7 Å². The first-order chi connectivity index (χ1) is 9.15. The topological polar surface area (TPSA) is 15.3 Å². The van der Waals surface area contributed by atoms with Gasteiger partial charge >= 0.3 is 0 Å². The van der Waals surface area contributed by atoms with Crippen LogP contribution in [-0.4, -0.2) is 37.1 Å². The Morgan fingerprint density at radius 3 is 2.42 bits per heavy atom. The summed E-state index contributed by atoms with van der Waals surface area (Å²) in [6, 6.07) is 0.922. The average Bonchev–Trinajstić information content (AvgIpc) is 3.11. The van der Waals surface area contributed by atoms with Crippen LogP contribution < -0.4 is 5.32 Å². The third kappa shape index (κ3) is 4.75. The van der Waals surface area contributed by atoms with E-state index in [9.17, 15) is 0 Å². The molecule has 0 aromatic carbocycles. The van der Waals surface area contributed by atoms with Crippen molar-refractivity contribution in [2.75, 3.05) is 26.2 Å². The summed E-state index contributed by atoms with van der Waals surface area (Å²) >= 11 is 0.